The first-order valence-corrected chi connectivity index (χ1v) is 25.5. The van der Waals surface area contributed by atoms with Crippen LogP contribution in [-0.2, 0) is 33.7 Å². The minimum absolute atomic E-state index is 0.0397. The molecule has 5 rings (SSSR count). The topological polar surface area (TPSA) is 129 Å². The molecule has 0 aliphatic carbocycles. The lowest BCUT2D eigenvalue weighted by Gasteiger charge is -2.41. The second-order valence-corrected chi connectivity index (χ2v) is 19.0. The molecule has 1 aliphatic heterocycles. The van der Waals surface area contributed by atoms with Gasteiger partial charge in [-0.3, -0.25) is 9.13 Å². The van der Waals surface area contributed by atoms with Gasteiger partial charge in [0.05, 0.1) is 45.1 Å². The number of hydrogen-bond donors (Lipinski definition) is 2. The van der Waals surface area contributed by atoms with Crippen molar-refractivity contribution in [2.45, 2.75) is 154 Å². The van der Waals surface area contributed by atoms with Gasteiger partial charge in [0.2, 0.25) is 0 Å². The average molecular weight is 902 g/mol. The van der Waals surface area contributed by atoms with E-state index in [-0.39, 0.29) is 13.2 Å². The molecule has 0 amide bonds. The van der Waals surface area contributed by atoms with Crippen LogP contribution in [0.15, 0.2) is 102 Å². The zero-order valence-corrected chi connectivity index (χ0v) is 40.1. The standard InChI is InChI=1S/C51H76N5O7P/c1-6-7-8-9-10-11-12-13-14-15-16-17-18-28-36-60-37-29-38-61-64(57,58)50(62-42(2)3)63-43(4)39-55-40-53-48(54-59-5)47-49(55)56(41-52-47)51(44-30-22-19-23-31-44,45-32-24-20-25-33-45)46-34-26-21-27-35-46/h19-27,30-35,40-43,48,50,54H,6-18,28-29,36-39H2,1-5H3,(H,57,58)/t43-,48?,50+/m0/s1. The van der Waals surface area contributed by atoms with Gasteiger partial charge in [0.15, 0.2) is 6.17 Å². The highest BCUT2D eigenvalue weighted by Crippen LogP contribution is 2.50. The number of fused-ring (bicyclic) bond motifs is 1. The molecule has 0 radical (unpaired) electrons. The lowest BCUT2D eigenvalue weighted by molar-refractivity contribution is -0.145. The minimum Gasteiger partial charge on any atom is -0.381 e. The molecule has 0 spiro atoms. The summed E-state index contributed by atoms with van der Waals surface area (Å²) in [6.07, 6.45) is 20.8. The summed E-state index contributed by atoms with van der Waals surface area (Å²) in [4.78, 5) is 28.3. The Kier molecular flexibility index (Phi) is 22.2. The number of rotatable bonds is 33. The van der Waals surface area contributed by atoms with Crippen LogP contribution in [0, 0.1) is 0 Å². The third kappa shape index (κ3) is 14.9. The number of hydroxylamine groups is 1. The number of hydrogen-bond acceptors (Lipinski definition) is 10. The van der Waals surface area contributed by atoms with Crippen molar-refractivity contribution in [2.24, 2.45) is 4.99 Å². The van der Waals surface area contributed by atoms with Gasteiger partial charge in [-0.2, -0.15) is 5.48 Å². The highest BCUT2D eigenvalue weighted by Gasteiger charge is 2.44. The van der Waals surface area contributed by atoms with Crippen LogP contribution in [0.4, 0.5) is 5.82 Å². The summed E-state index contributed by atoms with van der Waals surface area (Å²) < 4.78 is 39.6. The van der Waals surface area contributed by atoms with Gasteiger partial charge in [-0.1, -0.05) is 181 Å². The van der Waals surface area contributed by atoms with Crippen LogP contribution in [0.2, 0.25) is 0 Å². The van der Waals surface area contributed by atoms with Crippen molar-refractivity contribution >= 4 is 19.8 Å². The number of nitrogens with one attached hydrogen (secondary N) is 1. The predicted molar refractivity (Wildman–Crippen MR) is 258 cm³/mol. The Morgan fingerprint density at radius 2 is 1.20 bits per heavy atom. The van der Waals surface area contributed by atoms with E-state index in [0.717, 1.165) is 35.3 Å². The molecule has 2 heterocycles. The molecule has 0 saturated carbocycles. The molecule has 0 fully saturated rings. The maximum Gasteiger partial charge on any atom is 0.383 e. The zero-order chi connectivity index (χ0) is 45.5. The zero-order valence-electron chi connectivity index (χ0n) is 39.2. The first-order chi connectivity index (χ1) is 31.2. The van der Waals surface area contributed by atoms with Crippen LogP contribution >= 0.6 is 7.60 Å². The van der Waals surface area contributed by atoms with Gasteiger partial charge in [-0.25, -0.2) is 9.98 Å². The molecule has 4 aromatic rings. The van der Waals surface area contributed by atoms with Crippen LogP contribution < -0.4 is 10.4 Å². The molecule has 2 N–H and O–H groups in total. The van der Waals surface area contributed by atoms with E-state index in [1.165, 1.54) is 77.0 Å². The fourth-order valence-electron chi connectivity index (χ4n) is 8.49. The second-order valence-electron chi connectivity index (χ2n) is 17.2. The van der Waals surface area contributed by atoms with Crippen LogP contribution in [0.1, 0.15) is 153 Å². The number of benzene rings is 3. The fourth-order valence-corrected chi connectivity index (χ4v) is 9.77. The fraction of sp³-hybridized carbons (Fsp3) is 0.569. The molecule has 0 saturated heterocycles. The van der Waals surface area contributed by atoms with E-state index in [1.807, 2.05) is 72.7 Å². The first kappa shape index (κ1) is 51.3. The number of unbranched alkanes of at least 4 members (excludes halogenated alkanes) is 13. The second kappa shape index (κ2) is 27.7. The third-order valence-corrected chi connectivity index (χ3v) is 13.0. The number of ether oxygens (including phenoxy) is 3. The van der Waals surface area contributed by atoms with Crippen LogP contribution in [-0.4, -0.2) is 72.5 Å². The van der Waals surface area contributed by atoms with Gasteiger partial charge in [-0.15, -0.1) is 0 Å². The molecule has 352 valence electrons. The molecular weight excluding hydrogens is 826 g/mol. The quantitative estimate of drug-likeness (QED) is 0.0157. The average Bonchev–Trinajstić information content (AvgIpc) is 3.75. The highest BCUT2D eigenvalue weighted by molar-refractivity contribution is 7.53. The lowest BCUT2D eigenvalue weighted by atomic mass is 9.76. The maximum atomic E-state index is 13.8. The van der Waals surface area contributed by atoms with Gasteiger partial charge >= 0.3 is 7.60 Å². The lowest BCUT2D eigenvalue weighted by Crippen LogP contribution is -2.43. The Morgan fingerprint density at radius 3 is 1.70 bits per heavy atom. The molecule has 3 aromatic carbocycles. The molecule has 2 unspecified atom stereocenters. The van der Waals surface area contributed by atoms with Gasteiger partial charge < -0.3 is 33.4 Å². The number of aromatic nitrogens is 2. The number of imidazole rings is 1. The maximum absolute atomic E-state index is 13.8. The van der Waals surface area contributed by atoms with Crippen molar-refractivity contribution in [1.82, 2.24) is 15.0 Å². The van der Waals surface area contributed by atoms with E-state index in [4.69, 9.17) is 33.5 Å². The van der Waals surface area contributed by atoms with Gasteiger partial charge in [-0.05, 0) is 50.3 Å². The summed E-state index contributed by atoms with van der Waals surface area (Å²) in [5.74, 6) is 0.746. The van der Waals surface area contributed by atoms with Crippen LogP contribution in [0.5, 0.6) is 0 Å². The Morgan fingerprint density at radius 1 is 0.703 bits per heavy atom. The summed E-state index contributed by atoms with van der Waals surface area (Å²) in [6, 6.07) is 29.6. The minimum atomic E-state index is -4.38. The van der Waals surface area contributed by atoms with Crippen molar-refractivity contribution < 1.29 is 33.0 Å². The molecule has 64 heavy (non-hydrogen) atoms. The Bertz CT molecular complexity index is 1840. The van der Waals surface area contributed by atoms with Crippen LogP contribution in [0.25, 0.3) is 0 Å². The molecule has 1 aromatic heterocycles. The summed E-state index contributed by atoms with van der Waals surface area (Å²) in [5, 5.41) is 0. The predicted octanol–water partition coefficient (Wildman–Crippen LogP) is 11.9. The van der Waals surface area contributed by atoms with E-state index in [0.29, 0.717) is 25.3 Å². The van der Waals surface area contributed by atoms with Crippen molar-refractivity contribution in [3.8, 4) is 0 Å². The smallest absolute Gasteiger partial charge is 0.381 e. The van der Waals surface area contributed by atoms with E-state index < -0.39 is 37.5 Å². The Hall–Kier alpha value is -3.71. The summed E-state index contributed by atoms with van der Waals surface area (Å²) in [5.41, 5.74) is 5.83. The molecular formula is C51H76N5O7P. The van der Waals surface area contributed by atoms with Gasteiger partial charge in [0.25, 0.3) is 6.03 Å². The molecule has 12 nitrogen and oxygen atoms in total. The van der Waals surface area contributed by atoms with Crippen molar-refractivity contribution in [3.05, 3.63) is 120 Å². The van der Waals surface area contributed by atoms with E-state index in [9.17, 15) is 9.46 Å². The highest BCUT2D eigenvalue weighted by atomic mass is 31.2. The van der Waals surface area contributed by atoms with E-state index in [2.05, 4.69) is 53.4 Å². The van der Waals surface area contributed by atoms with Crippen molar-refractivity contribution in [1.29, 1.82) is 0 Å². The Balaban J connectivity index is 1.18. The summed E-state index contributed by atoms with van der Waals surface area (Å²) in [7, 11) is -2.83. The molecule has 0 bridgehead atoms. The Labute approximate surface area is 383 Å². The third-order valence-electron chi connectivity index (χ3n) is 11.6. The molecule has 4 atom stereocenters. The summed E-state index contributed by atoms with van der Waals surface area (Å²) >= 11 is 0. The molecule has 1 aliphatic rings. The monoisotopic (exact) mass is 902 g/mol. The number of nitrogens with zero attached hydrogens (tertiary/aromatic N) is 4. The summed E-state index contributed by atoms with van der Waals surface area (Å²) in [6.45, 7) is 9.12. The number of anilines is 1. The first-order valence-electron chi connectivity index (χ1n) is 23.9. The van der Waals surface area contributed by atoms with Gasteiger partial charge in [0, 0.05) is 13.2 Å². The van der Waals surface area contributed by atoms with E-state index in [1.54, 1.807) is 27.3 Å². The van der Waals surface area contributed by atoms with Crippen LogP contribution in [0.3, 0.4) is 0 Å². The van der Waals surface area contributed by atoms with Crippen molar-refractivity contribution in [3.63, 3.8) is 0 Å². The van der Waals surface area contributed by atoms with E-state index >= 15 is 0 Å². The largest absolute Gasteiger partial charge is 0.383 e. The SMILES string of the molecule is CCCCCCCCCCCCCCCCOCCCOP(=O)(O)[C@H](OC(C)C)O[C@@H](C)CN1C=NC(NOC)c2ncn(C(c3ccccc3)(c3ccccc3)c3ccccc3)c21. The van der Waals surface area contributed by atoms with Gasteiger partial charge in [0.1, 0.15) is 17.1 Å². The molecule has 13 heteroatoms. The number of aliphatic imine (C=N–C) groups is 1. The van der Waals surface area contributed by atoms with Crippen molar-refractivity contribution in [2.75, 3.05) is 38.4 Å². The normalized spacial score (nSPS) is 15.9.